The van der Waals surface area contributed by atoms with Gasteiger partial charge >= 0.3 is 0 Å². The van der Waals surface area contributed by atoms with Gasteiger partial charge in [0.05, 0.1) is 15.0 Å². The lowest BCUT2D eigenvalue weighted by Gasteiger charge is -2.23. The lowest BCUT2D eigenvalue weighted by atomic mass is 9.95. The normalized spacial score (nSPS) is 16.6. The Morgan fingerprint density at radius 1 is 1.33 bits per heavy atom. The molecule has 1 aliphatic carbocycles. The number of anilines is 1. The summed E-state index contributed by atoms with van der Waals surface area (Å²) in [6, 6.07) is 2.89. The number of benzene rings is 1. The van der Waals surface area contributed by atoms with E-state index in [-0.39, 0.29) is 16.8 Å². The topological polar surface area (TPSA) is 55.2 Å². The van der Waals surface area contributed by atoms with Gasteiger partial charge in [0.15, 0.2) is 0 Å². The predicted octanol–water partition coefficient (Wildman–Crippen LogP) is 4.27. The molecule has 0 aromatic heterocycles. The van der Waals surface area contributed by atoms with Gasteiger partial charge in [0.1, 0.15) is 5.69 Å². The summed E-state index contributed by atoms with van der Waals surface area (Å²) in [7, 11) is 0. The average Bonchev–Trinajstić information content (AvgIpc) is 2.34. The molecule has 2 radical (unpaired) electrons. The van der Waals surface area contributed by atoms with Crippen molar-refractivity contribution in [1.82, 2.24) is 0 Å². The smallest absolute Gasteiger partial charge is 0.293 e. The number of nitro groups is 1. The van der Waals surface area contributed by atoms with Crippen LogP contribution in [0.2, 0.25) is 10.0 Å². The van der Waals surface area contributed by atoms with Crippen LogP contribution in [0.3, 0.4) is 0 Å². The van der Waals surface area contributed by atoms with Crippen LogP contribution in [0.25, 0.3) is 0 Å². The molecule has 1 unspecified atom stereocenters. The van der Waals surface area contributed by atoms with E-state index in [1.165, 1.54) is 12.1 Å². The summed E-state index contributed by atoms with van der Waals surface area (Å²) >= 11 is 11.7. The largest absolute Gasteiger partial charge is 0.376 e. The molecule has 6 heteroatoms. The molecule has 1 aliphatic rings. The molecule has 1 aromatic carbocycles. The van der Waals surface area contributed by atoms with Gasteiger partial charge in [-0.3, -0.25) is 10.1 Å². The monoisotopic (exact) mass is 286 g/mol. The summed E-state index contributed by atoms with van der Waals surface area (Å²) < 4.78 is 0. The van der Waals surface area contributed by atoms with Crippen LogP contribution in [-0.2, 0) is 0 Å². The number of hydrogen-bond donors (Lipinski definition) is 1. The molecule has 1 saturated carbocycles. The summed E-state index contributed by atoms with van der Waals surface area (Å²) in [5, 5.41) is 14.6. The van der Waals surface area contributed by atoms with Crippen molar-refractivity contribution in [2.24, 2.45) is 0 Å². The van der Waals surface area contributed by atoms with E-state index < -0.39 is 4.92 Å². The van der Waals surface area contributed by atoms with Crippen molar-refractivity contribution in [3.8, 4) is 0 Å². The zero-order valence-corrected chi connectivity index (χ0v) is 11.0. The Hall–Kier alpha value is -1.00. The molecule has 1 aromatic rings. The molecule has 0 saturated heterocycles. The van der Waals surface area contributed by atoms with Gasteiger partial charge < -0.3 is 5.32 Å². The second-order valence-electron chi connectivity index (χ2n) is 4.15. The van der Waals surface area contributed by atoms with Gasteiger partial charge in [-0.25, -0.2) is 0 Å². The quantitative estimate of drug-likeness (QED) is 0.667. The number of rotatable bonds is 3. The van der Waals surface area contributed by atoms with E-state index in [2.05, 4.69) is 11.7 Å². The van der Waals surface area contributed by atoms with Crippen molar-refractivity contribution in [3.05, 3.63) is 45.1 Å². The molecular weight excluding hydrogens is 275 g/mol. The molecule has 1 N–H and O–H groups in total. The number of nitro benzene ring substituents is 1. The third-order valence-electron chi connectivity index (χ3n) is 2.83. The number of nitrogens with zero attached hydrogens (tertiary/aromatic N) is 1. The maximum absolute atomic E-state index is 11.0. The summed E-state index contributed by atoms with van der Waals surface area (Å²) in [5.74, 6) is 0. The highest BCUT2D eigenvalue weighted by molar-refractivity contribution is 6.42. The lowest BCUT2D eigenvalue weighted by molar-refractivity contribution is -0.384. The first-order valence-electron chi connectivity index (χ1n) is 5.64. The Morgan fingerprint density at radius 2 is 2.06 bits per heavy atom. The molecule has 18 heavy (non-hydrogen) atoms. The maximum Gasteiger partial charge on any atom is 0.293 e. The second kappa shape index (κ2) is 5.76. The van der Waals surface area contributed by atoms with Gasteiger partial charge in [-0.2, -0.15) is 0 Å². The molecule has 2 rings (SSSR count). The summed E-state index contributed by atoms with van der Waals surface area (Å²) in [6.45, 7) is 0. The minimum absolute atomic E-state index is 0.0524. The number of nitrogens with one attached hydrogen (secondary N) is 1. The van der Waals surface area contributed by atoms with E-state index in [4.69, 9.17) is 23.2 Å². The third-order valence-corrected chi connectivity index (χ3v) is 3.55. The highest BCUT2D eigenvalue weighted by Gasteiger charge is 2.21. The van der Waals surface area contributed by atoms with E-state index in [1.807, 2.05) is 6.42 Å². The van der Waals surface area contributed by atoms with Crippen LogP contribution in [0.4, 0.5) is 11.4 Å². The van der Waals surface area contributed by atoms with Crippen LogP contribution in [-0.4, -0.2) is 11.0 Å². The van der Waals surface area contributed by atoms with Crippen molar-refractivity contribution in [3.63, 3.8) is 0 Å². The summed E-state index contributed by atoms with van der Waals surface area (Å²) in [6.07, 6.45) is 7.18. The molecule has 0 aliphatic heterocycles. The van der Waals surface area contributed by atoms with Gasteiger partial charge in [0, 0.05) is 12.1 Å². The highest BCUT2D eigenvalue weighted by atomic mass is 35.5. The predicted molar refractivity (Wildman–Crippen MR) is 73.0 cm³/mol. The lowest BCUT2D eigenvalue weighted by Crippen LogP contribution is -2.23. The Morgan fingerprint density at radius 3 is 2.67 bits per heavy atom. The fourth-order valence-corrected chi connectivity index (χ4v) is 2.26. The number of hydrogen-bond acceptors (Lipinski definition) is 3. The van der Waals surface area contributed by atoms with E-state index in [1.54, 1.807) is 0 Å². The van der Waals surface area contributed by atoms with Crippen LogP contribution in [0.1, 0.15) is 19.3 Å². The standard InChI is InChI=1S/C12H12Cl2N2O2/c13-9-6-11(12(16(17)18)7-10(9)14)15-8-4-2-1-3-5-8/h2,4,6-8,15H,1,3,5H2. The Balaban J connectivity index is 2.24. The van der Waals surface area contributed by atoms with Gasteiger partial charge in [0.25, 0.3) is 5.69 Å². The zero-order valence-electron chi connectivity index (χ0n) is 9.53. The molecule has 4 nitrogen and oxygen atoms in total. The minimum atomic E-state index is -0.461. The number of halogens is 2. The molecule has 0 bridgehead atoms. The Labute approximate surface area is 115 Å². The third kappa shape index (κ3) is 3.06. The highest BCUT2D eigenvalue weighted by Crippen LogP contribution is 2.35. The fourth-order valence-electron chi connectivity index (χ4n) is 1.94. The SMILES string of the molecule is O=[N+]([O-])c1cc(Cl)c(Cl)cc1NC1[CH][CH]CCC1. The summed E-state index contributed by atoms with van der Waals surface area (Å²) in [4.78, 5) is 10.5. The molecule has 0 spiro atoms. The van der Waals surface area contributed by atoms with Crippen LogP contribution in [0.5, 0.6) is 0 Å². The maximum atomic E-state index is 11.0. The fraction of sp³-hybridized carbons (Fsp3) is 0.333. The van der Waals surface area contributed by atoms with E-state index in [9.17, 15) is 10.1 Å². The second-order valence-corrected chi connectivity index (χ2v) is 4.96. The van der Waals surface area contributed by atoms with Crippen LogP contribution in [0, 0.1) is 23.0 Å². The molecule has 1 fully saturated rings. The Kier molecular flexibility index (Phi) is 4.30. The van der Waals surface area contributed by atoms with Gasteiger partial charge in [-0.1, -0.05) is 29.6 Å². The van der Waals surface area contributed by atoms with Crippen molar-refractivity contribution in [2.75, 3.05) is 5.32 Å². The molecular formula is C12H12Cl2N2O2. The first kappa shape index (κ1) is 13.4. The average molecular weight is 287 g/mol. The van der Waals surface area contributed by atoms with Crippen molar-refractivity contribution >= 4 is 34.6 Å². The van der Waals surface area contributed by atoms with Crippen LogP contribution >= 0.6 is 23.2 Å². The van der Waals surface area contributed by atoms with E-state index >= 15 is 0 Å². The van der Waals surface area contributed by atoms with E-state index in [0.717, 1.165) is 19.3 Å². The molecule has 96 valence electrons. The molecule has 0 heterocycles. The Bertz CT molecular complexity index is 460. The van der Waals surface area contributed by atoms with Crippen molar-refractivity contribution in [1.29, 1.82) is 0 Å². The van der Waals surface area contributed by atoms with Gasteiger partial charge in [-0.15, -0.1) is 0 Å². The zero-order chi connectivity index (χ0) is 13.1. The molecule has 0 amide bonds. The van der Waals surface area contributed by atoms with E-state index in [0.29, 0.717) is 10.7 Å². The van der Waals surface area contributed by atoms with Crippen molar-refractivity contribution in [2.45, 2.75) is 25.3 Å². The van der Waals surface area contributed by atoms with Gasteiger partial charge in [-0.05, 0) is 31.7 Å². The summed E-state index contributed by atoms with van der Waals surface area (Å²) in [5.41, 5.74) is 0.356. The first-order valence-corrected chi connectivity index (χ1v) is 6.40. The minimum Gasteiger partial charge on any atom is -0.376 e. The van der Waals surface area contributed by atoms with Crippen molar-refractivity contribution < 1.29 is 4.92 Å². The van der Waals surface area contributed by atoms with Crippen LogP contribution in [0.15, 0.2) is 12.1 Å². The van der Waals surface area contributed by atoms with Crippen LogP contribution < -0.4 is 5.32 Å². The van der Waals surface area contributed by atoms with Gasteiger partial charge in [0.2, 0.25) is 0 Å². The first-order chi connectivity index (χ1) is 8.58. The molecule has 1 atom stereocenters.